The second-order valence-corrected chi connectivity index (χ2v) is 16.5. The maximum absolute atomic E-state index is 9.62. The van der Waals surface area contributed by atoms with Gasteiger partial charge in [-0.05, 0) is 67.6 Å². The molecule has 3 rings (SSSR count). The molecular weight excluding hydrogens is 492 g/mol. The van der Waals surface area contributed by atoms with Gasteiger partial charge in [0.1, 0.15) is 11.5 Å². The van der Waals surface area contributed by atoms with Crippen molar-refractivity contribution in [1.29, 1.82) is 0 Å². The van der Waals surface area contributed by atoms with Gasteiger partial charge in [0.15, 0.2) is 8.32 Å². The Morgan fingerprint density at radius 1 is 1.00 bits per heavy atom. The van der Waals surface area contributed by atoms with Crippen molar-refractivity contribution in [2.24, 2.45) is 5.92 Å². The molecule has 0 unspecified atom stereocenters. The van der Waals surface area contributed by atoms with Crippen molar-refractivity contribution in [3.8, 4) is 11.5 Å². The molecule has 3 aromatic rings. The van der Waals surface area contributed by atoms with E-state index in [1.165, 1.54) is 5.56 Å². The number of rotatable bonds is 13. The summed E-state index contributed by atoms with van der Waals surface area (Å²) in [6.07, 6.45) is 6.50. The molecule has 208 valence electrons. The fourth-order valence-electron chi connectivity index (χ4n) is 4.58. The van der Waals surface area contributed by atoms with Crippen LogP contribution in [0.15, 0.2) is 54.9 Å². The zero-order valence-corrected chi connectivity index (χ0v) is 25.5. The minimum atomic E-state index is -2.16. The van der Waals surface area contributed by atoms with Gasteiger partial charge in [0.05, 0.1) is 33.1 Å². The molecule has 6 nitrogen and oxygen atoms in total. The van der Waals surface area contributed by atoms with Crippen LogP contribution in [0, 0.1) is 12.8 Å². The second-order valence-electron chi connectivity index (χ2n) is 11.7. The first-order valence-electron chi connectivity index (χ1n) is 13.6. The number of hydrogen-bond donors (Lipinski definition) is 1. The third-order valence-electron chi connectivity index (χ3n) is 7.93. The lowest BCUT2D eigenvalue weighted by Crippen LogP contribution is -2.43. The van der Waals surface area contributed by atoms with E-state index in [2.05, 4.69) is 81.4 Å². The summed E-state index contributed by atoms with van der Waals surface area (Å²) < 4.78 is 20.7. The topological polar surface area (TPSA) is 65.7 Å². The smallest absolute Gasteiger partial charge is 0.192 e. The quantitative estimate of drug-likeness (QED) is 0.235. The first-order valence-corrected chi connectivity index (χ1v) is 16.5. The molecule has 0 radical (unpaired) electrons. The summed E-state index contributed by atoms with van der Waals surface area (Å²) in [5.74, 6) is 1.75. The van der Waals surface area contributed by atoms with Gasteiger partial charge in [-0.15, -0.1) is 0 Å². The predicted molar refractivity (Wildman–Crippen MR) is 156 cm³/mol. The summed E-state index contributed by atoms with van der Waals surface area (Å²) in [4.78, 5) is 0. The number of nitrogens with zero attached hydrogens (tertiary/aromatic N) is 2. The first kappa shape index (κ1) is 29.9. The lowest BCUT2D eigenvalue weighted by molar-refractivity contribution is 0.0969. The van der Waals surface area contributed by atoms with E-state index in [9.17, 15) is 5.11 Å². The van der Waals surface area contributed by atoms with E-state index in [0.29, 0.717) is 6.54 Å². The van der Waals surface area contributed by atoms with Gasteiger partial charge in [-0.1, -0.05) is 51.1 Å². The molecular formula is C31H46N2O4Si. The maximum atomic E-state index is 9.62. The van der Waals surface area contributed by atoms with Crippen LogP contribution in [-0.4, -0.2) is 37.4 Å². The van der Waals surface area contributed by atoms with Crippen LogP contribution in [0.2, 0.25) is 18.1 Å². The van der Waals surface area contributed by atoms with Crippen LogP contribution >= 0.6 is 0 Å². The fraction of sp³-hybridized carbons (Fsp3) is 0.516. The number of aliphatic hydroxyl groups is 1. The standard InChI is InChI=1S/C31H46N2O4Si/c1-23-28(35-5)17-27(18-29(23)36-6)30(37-38(7,8)31(2,3)4)26(21-33-20-25(22-34)19-32-33)16-12-15-24-13-10-9-11-14-24/h9-11,13-14,17-20,26,30,34H,12,15-16,21-22H2,1-8H3/t26-,30-/m0/s1. The van der Waals surface area contributed by atoms with Crippen LogP contribution in [0.5, 0.6) is 11.5 Å². The Bertz CT molecular complexity index is 1130. The number of aromatic nitrogens is 2. The molecule has 0 fully saturated rings. The Morgan fingerprint density at radius 2 is 1.63 bits per heavy atom. The Hall–Kier alpha value is -2.61. The highest BCUT2D eigenvalue weighted by Crippen LogP contribution is 2.44. The van der Waals surface area contributed by atoms with Crippen molar-refractivity contribution >= 4 is 8.32 Å². The highest BCUT2D eigenvalue weighted by molar-refractivity contribution is 6.74. The van der Waals surface area contributed by atoms with Crippen molar-refractivity contribution in [3.63, 3.8) is 0 Å². The van der Waals surface area contributed by atoms with Crippen molar-refractivity contribution in [1.82, 2.24) is 9.78 Å². The summed E-state index contributed by atoms with van der Waals surface area (Å²) in [6.45, 7) is 14.1. The number of aliphatic hydroxyl groups excluding tert-OH is 1. The van der Waals surface area contributed by atoms with E-state index in [4.69, 9.17) is 13.9 Å². The van der Waals surface area contributed by atoms with Gasteiger partial charge < -0.3 is 19.0 Å². The zero-order valence-electron chi connectivity index (χ0n) is 24.5. The van der Waals surface area contributed by atoms with Gasteiger partial charge in [0.25, 0.3) is 0 Å². The predicted octanol–water partition coefficient (Wildman–Crippen LogP) is 7.10. The highest BCUT2D eigenvalue weighted by Gasteiger charge is 2.41. The van der Waals surface area contributed by atoms with Crippen molar-refractivity contribution < 1.29 is 19.0 Å². The van der Waals surface area contributed by atoms with Crippen molar-refractivity contribution in [3.05, 3.63) is 77.1 Å². The molecule has 0 aliphatic carbocycles. The summed E-state index contributed by atoms with van der Waals surface area (Å²) >= 11 is 0. The number of hydrogen-bond acceptors (Lipinski definition) is 5. The normalized spacial score (nSPS) is 13.8. The highest BCUT2D eigenvalue weighted by atomic mass is 28.4. The van der Waals surface area contributed by atoms with Gasteiger partial charge in [0.2, 0.25) is 0 Å². The molecule has 38 heavy (non-hydrogen) atoms. The van der Waals surface area contributed by atoms with E-state index in [1.54, 1.807) is 20.4 Å². The van der Waals surface area contributed by atoms with Crippen LogP contribution in [0.25, 0.3) is 0 Å². The summed E-state index contributed by atoms with van der Waals surface area (Å²) in [7, 11) is 1.25. The number of benzene rings is 2. The van der Waals surface area contributed by atoms with Gasteiger partial charge in [-0.2, -0.15) is 5.10 Å². The largest absolute Gasteiger partial charge is 0.496 e. The van der Waals surface area contributed by atoms with Crippen LogP contribution in [0.4, 0.5) is 0 Å². The molecule has 0 bridgehead atoms. The summed E-state index contributed by atoms with van der Waals surface area (Å²) in [6, 6.07) is 14.9. The molecule has 1 aromatic heterocycles. The van der Waals surface area contributed by atoms with Gasteiger partial charge in [-0.25, -0.2) is 0 Å². The maximum Gasteiger partial charge on any atom is 0.192 e. The van der Waals surface area contributed by atoms with E-state index >= 15 is 0 Å². The minimum Gasteiger partial charge on any atom is -0.496 e. The third kappa shape index (κ3) is 7.49. The Kier molecular flexibility index (Phi) is 10.2. The fourth-order valence-corrected chi connectivity index (χ4v) is 5.90. The molecule has 1 heterocycles. The average Bonchev–Trinajstić information content (AvgIpc) is 3.34. The van der Waals surface area contributed by atoms with Crippen LogP contribution in [0.3, 0.4) is 0 Å². The lowest BCUT2D eigenvalue weighted by Gasteiger charge is -2.42. The molecule has 0 saturated heterocycles. The zero-order chi connectivity index (χ0) is 27.9. The van der Waals surface area contributed by atoms with E-state index in [1.807, 2.05) is 17.8 Å². The number of aryl methyl sites for hydroxylation is 1. The molecule has 0 saturated carbocycles. The third-order valence-corrected chi connectivity index (χ3v) is 12.4. The summed E-state index contributed by atoms with van der Waals surface area (Å²) in [5.41, 5.74) is 4.19. The number of methoxy groups -OCH3 is 2. The molecule has 7 heteroatoms. The SMILES string of the molecule is COc1cc([C@@H](O[Si](C)(C)C(C)(C)C)[C@@H](CCCc2ccccc2)Cn2cc(CO)cn2)cc(OC)c1C. The van der Waals surface area contributed by atoms with Crippen LogP contribution in [0.1, 0.15) is 62.0 Å². The molecule has 2 atom stereocenters. The molecule has 0 amide bonds. The molecule has 0 aliphatic heterocycles. The van der Waals surface area contributed by atoms with Crippen molar-refractivity contribution in [2.75, 3.05) is 14.2 Å². The van der Waals surface area contributed by atoms with Crippen LogP contribution in [-0.2, 0) is 24.0 Å². The second kappa shape index (κ2) is 13.0. The van der Waals surface area contributed by atoms with Gasteiger partial charge >= 0.3 is 0 Å². The first-order chi connectivity index (χ1) is 18.0. The lowest BCUT2D eigenvalue weighted by atomic mass is 9.89. The van der Waals surface area contributed by atoms with E-state index < -0.39 is 8.32 Å². The molecule has 2 aromatic carbocycles. The van der Waals surface area contributed by atoms with E-state index in [0.717, 1.165) is 47.5 Å². The average molecular weight is 539 g/mol. The molecule has 0 aliphatic rings. The Balaban J connectivity index is 2.05. The van der Waals surface area contributed by atoms with Crippen LogP contribution < -0.4 is 9.47 Å². The van der Waals surface area contributed by atoms with Gasteiger partial charge in [0, 0.05) is 29.8 Å². The molecule has 0 spiro atoms. The molecule has 1 N–H and O–H groups in total. The Labute approximate surface area is 230 Å². The Morgan fingerprint density at radius 3 is 2.16 bits per heavy atom. The number of ether oxygens (including phenoxy) is 2. The summed E-state index contributed by atoms with van der Waals surface area (Å²) in [5, 5.41) is 14.2. The monoisotopic (exact) mass is 538 g/mol. The van der Waals surface area contributed by atoms with E-state index in [-0.39, 0.29) is 23.7 Å². The van der Waals surface area contributed by atoms with Crippen molar-refractivity contribution in [2.45, 2.75) is 84.3 Å². The van der Waals surface area contributed by atoms with Gasteiger partial charge in [-0.3, -0.25) is 4.68 Å². The minimum absolute atomic E-state index is 0.0189.